The van der Waals surface area contributed by atoms with Crippen molar-refractivity contribution in [2.24, 2.45) is 0 Å². The lowest BCUT2D eigenvalue weighted by atomic mass is 10.2. The number of rotatable bonds is 4. The molecule has 0 N–H and O–H groups in total. The first-order valence-electron chi connectivity index (χ1n) is 5.99. The quantitative estimate of drug-likeness (QED) is 0.156. The minimum Gasteiger partial charge on any atom is -0.303 e. The Morgan fingerprint density at radius 2 is 1.16 bits per heavy atom. The summed E-state index contributed by atoms with van der Waals surface area (Å²) in [7, 11) is 0. The molecule has 0 aromatic carbocycles. The van der Waals surface area contributed by atoms with Gasteiger partial charge in [-0.15, -0.1) is 30.6 Å². The lowest BCUT2D eigenvalue weighted by molar-refractivity contribution is -0.107. The Labute approximate surface area is 206 Å². The Balaban J connectivity index is 0. The van der Waals surface area contributed by atoms with Crippen molar-refractivity contribution < 1.29 is 4.79 Å². The molecule has 0 unspecified atom stereocenters. The Morgan fingerprint density at radius 3 is 1.44 bits per heavy atom. The zero-order valence-electron chi connectivity index (χ0n) is 12.3. The summed E-state index contributed by atoms with van der Waals surface area (Å²) in [5.74, 6) is 0. The van der Waals surface area contributed by atoms with Crippen LogP contribution < -0.4 is 0 Å². The predicted octanol–water partition coefficient (Wildman–Crippen LogP) is 6.43. The molecule has 25 heavy (non-hydrogen) atoms. The number of nitrogens with zero attached hydrogens (tertiary/aromatic N) is 4. The number of allylic oxidation sites excluding steroid dienone is 1. The Morgan fingerprint density at radius 1 is 0.840 bits per heavy atom. The van der Waals surface area contributed by atoms with Gasteiger partial charge in [-0.3, -0.25) is 0 Å². The molecule has 0 saturated heterocycles. The molecular formula is C13H11Cl4I3N4O. The van der Waals surface area contributed by atoms with E-state index in [1.807, 2.05) is 0 Å². The van der Waals surface area contributed by atoms with Crippen molar-refractivity contribution in [3.05, 3.63) is 57.0 Å². The largest absolute Gasteiger partial charge is 0.303 e. The van der Waals surface area contributed by atoms with Crippen molar-refractivity contribution in [1.82, 2.24) is 19.9 Å². The van der Waals surface area contributed by atoms with Crippen LogP contribution in [0, 0.1) is 0 Å². The molecule has 0 aliphatic carbocycles. The van der Waals surface area contributed by atoms with Crippen LogP contribution in [0.2, 0.25) is 20.6 Å². The zero-order chi connectivity index (χ0) is 18.5. The molecule has 0 fully saturated rings. The maximum absolute atomic E-state index is 10.1. The van der Waals surface area contributed by atoms with Crippen LogP contribution in [0.15, 0.2) is 25.3 Å². The molecule has 0 bridgehead atoms. The van der Waals surface area contributed by atoms with Gasteiger partial charge in [0.15, 0.2) is 0 Å². The third-order valence-electron chi connectivity index (χ3n) is 2.32. The van der Waals surface area contributed by atoms with Crippen molar-refractivity contribution >= 4 is 114 Å². The third-order valence-corrected chi connectivity index (χ3v) is 3.62. The molecule has 0 radical (unpaired) electrons. The van der Waals surface area contributed by atoms with E-state index in [9.17, 15) is 4.79 Å². The second-order valence-electron chi connectivity index (χ2n) is 3.73. The van der Waals surface area contributed by atoms with Crippen molar-refractivity contribution in [1.29, 1.82) is 0 Å². The van der Waals surface area contributed by atoms with E-state index in [1.54, 1.807) is 6.08 Å². The van der Waals surface area contributed by atoms with Crippen LogP contribution >= 0.6 is 108 Å². The second-order valence-corrected chi connectivity index (χ2v) is 5.16. The lowest BCUT2D eigenvalue weighted by Crippen LogP contribution is -1.93. The maximum atomic E-state index is 10.1. The number of carbonyl (C=O) groups excluding carboxylic acids is 1. The summed E-state index contributed by atoms with van der Waals surface area (Å²) < 4.78 is 0. The molecule has 2 aromatic rings. The van der Waals surface area contributed by atoms with E-state index in [4.69, 9.17) is 46.4 Å². The summed E-state index contributed by atoms with van der Waals surface area (Å²) in [6.45, 7) is 3.57. The van der Waals surface area contributed by atoms with Crippen LogP contribution in [0.3, 0.4) is 0 Å². The van der Waals surface area contributed by atoms with E-state index in [2.05, 4.69) is 63.7 Å². The van der Waals surface area contributed by atoms with Crippen LogP contribution in [0.25, 0.3) is 0 Å². The van der Waals surface area contributed by atoms with E-state index in [0.29, 0.717) is 28.6 Å². The SMILES string of the molecule is C=CCc1c(Cl)ncnc1Cl.I.II.O=CCc1c(Cl)ncnc1Cl. The second kappa shape index (κ2) is 17.0. The highest BCUT2D eigenvalue weighted by Crippen LogP contribution is 2.20. The minimum absolute atomic E-state index is 0. The molecule has 0 aliphatic heterocycles. The molecule has 0 saturated carbocycles. The Hall–Kier alpha value is 0.920. The normalized spacial score (nSPS) is 8.72. The van der Waals surface area contributed by atoms with Gasteiger partial charge in [-0.1, -0.05) is 52.5 Å². The molecule has 0 spiro atoms. The summed E-state index contributed by atoms with van der Waals surface area (Å²) >= 11 is 26.9. The molecule has 2 heterocycles. The number of halogens is 7. The predicted molar refractivity (Wildman–Crippen MR) is 131 cm³/mol. The summed E-state index contributed by atoms with van der Waals surface area (Å²) in [6.07, 6.45) is 5.74. The van der Waals surface area contributed by atoms with E-state index < -0.39 is 0 Å². The molecule has 0 atom stereocenters. The minimum atomic E-state index is 0. The Kier molecular flexibility index (Phi) is 19.2. The monoisotopic (exact) mass is 760 g/mol. The first kappa shape index (κ1) is 28.1. The first-order chi connectivity index (χ1) is 11.5. The van der Waals surface area contributed by atoms with Crippen molar-refractivity contribution in [2.75, 3.05) is 0 Å². The van der Waals surface area contributed by atoms with Crippen LogP contribution in [0.1, 0.15) is 11.1 Å². The molecule has 5 nitrogen and oxygen atoms in total. The van der Waals surface area contributed by atoms with Crippen LogP contribution in [-0.4, -0.2) is 26.2 Å². The topological polar surface area (TPSA) is 68.6 Å². The van der Waals surface area contributed by atoms with Gasteiger partial charge in [0, 0.05) is 54.8 Å². The number of aromatic nitrogens is 4. The van der Waals surface area contributed by atoms with Gasteiger partial charge >= 0.3 is 0 Å². The van der Waals surface area contributed by atoms with Gasteiger partial charge in [-0.05, 0) is 6.42 Å². The average Bonchev–Trinajstić information content (AvgIpc) is 2.57. The van der Waals surface area contributed by atoms with Gasteiger partial charge in [0.2, 0.25) is 0 Å². The smallest absolute Gasteiger partial charge is 0.137 e. The highest BCUT2D eigenvalue weighted by Gasteiger charge is 2.06. The molecule has 2 rings (SSSR count). The fraction of sp³-hybridized carbons (Fsp3) is 0.154. The van der Waals surface area contributed by atoms with Gasteiger partial charge in [0.05, 0.1) is 0 Å². The summed E-state index contributed by atoms with van der Waals surface area (Å²) in [5, 5.41) is 1.25. The number of hydrogen-bond acceptors (Lipinski definition) is 5. The lowest BCUT2D eigenvalue weighted by Gasteiger charge is -1.99. The molecule has 0 aliphatic rings. The highest BCUT2D eigenvalue weighted by atomic mass is 128. The highest BCUT2D eigenvalue weighted by molar-refractivity contribution is 15.0. The standard InChI is InChI=1S/C7H6Cl2N2.C6H4Cl2N2O.I2.HI/c1-2-3-5-6(8)10-4-11-7(5)9;7-5-4(1-2-11)6(8)10-3-9-5;1-2;/h2,4H,1,3H2;2-3H,1H2;;1H. The fourth-order valence-corrected chi connectivity index (χ4v) is 2.24. The van der Waals surface area contributed by atoms with Crippen LogP contribution in [0.4, 0.5) is 0 Å². The number of carbonyl (C=O) groups is 1. The zero-order valence-corrected chi connectivity index (χ0v) is 22.0. The summed E-state index contributed by atoms with van der Waals surface area (Å²) in [5.41, 5.74) is 1.21. The van der Waals surface area contributed by atoms with E-state index >= 15 is 0 Å². The maximum Gasteiger partial charge on any atom is 0.137 e. The number of aldehydes is 1. The average molecular weight is 762 g/mol. The van der Waals surface area contributed by atoms with Gasteiger partial charge in [0.1, 0.15) is 39.6 Å². The molecule has 138 valence electrons. The first-order valence-corrected chi connectivity index (χ1v) is 13.8. The van der Waals surface area contributed by atoms with Crippen LogP contribution in [-0.2, 0) is 17.6 Å². The molecule has 2 aromatic heterocycles. The van der Waals surface area contributed by atoms with Gasteiger partial charge in [-0.25, -0.2) is 19.9 Å². The Bertz CT molecular complexity index is 582. The van der Waals surface area contributed by atoms with Crippen molar-refractivity contribution in [3.8, 4) is 0 Å². The van der Waals surface area contributed by atoms with Crippen molar-refractivity contribution in [3.63, 3.8) is 0 Å². The van der Waals surface area contributed by atoms with Gasteiger partial charge in [-0.2, -0.15) is 0 Å². The molecular weight excluding hydrogens is 751 g/mol. The van der Waals surface area contributed by atoms with Gasteiger partial charge < -0.3 is 4.79 Å². The number of hydrogen-bond donors (Lipinski definition) is 0. The summed E-state index contributed by atoms with van der Waals surface area (Å²) in [4.78, 5) is 25.0. The van der Waals surface area contributed by atoms with E-state index in [-0.39, 0.29) is 40.7 Å². The fourth-order valence-electron chi connectivity index (χ4n) is 1.31. The van der Waals surface area contributed by atoms with E-state index in [1.165, 1.54) is 12.7 Å². The van der Waals surface area contributed by atoms with E-state index in [0.717, 1.165) is 5.56 Å². The van der Waals surface area contributed by atoms with Crippen molar-refractivity contribution in [2.45, 2.75) is 12.8 Å². The van der Waals surface area contributed by atoms with Crippen LogP contribution in [0.5, 0.6) is 0 Å². The summed E-state index contributed by atoms with van der Waals surface area (Å²) in [6, 6.07) is 0. The van der Waals surface area contributed by atoms with Gasteiger partial charge in [0.25, 0.3) is 0 Å². The molecule has 12 heteroatoms. The molecule has 0 amide bonds. The third kappa shape index (κ3) is 10.7.